The van der Waals surface area contributed by atoms with Crippen molar-refractivity contribution in [2.45, 2.75) is 6.42 Å². The molecule has 0 radical (unpaired) electrons. The Morgan fingerprint density at radius 2 is 2.00 bits per heavy atom. The van der Waals surface area contributed by atoms with Gasteiger partial charge in [-0.05, 0) is 30.7 Å². The summed E-state index contributed by atoms with van der Waals surface area (Å²) in [5.74, 6) is 1.38. The van der Waals surface area contributed by atoms with E-state index in [9.17, 15) is 4.39 Å². The van der Waals surface area contributed by atoms with Crippen LogP contribution < -0.4 is 10.6 Å². The number of hydrogen-bond acceptors (Lipinski definition) is 5. The molecule has 2 aliphatic rings. The van der Waals surface area contributed by atoms with E-state index in [1.165, 1.54) is 6.07 Å². The molecule has 0 spiro atoms. The second-order valence-electron chi connectivity index (χ2n) is 5.23. The summed E-state index contributed by atoms with van der Waals surface area (Å²) in [7, 11) is 0. The van der Waals surface area contributed by atoms with Crippen molar-refractivity contribution in [2.24, 2.45) is 4.99 Å². The second-order valence-corrected chi connectivity index (χ2v) is 5.23. The van der Waals surface area contributed by atoms with E-state index in [1.807, 2.05) is 17.1 Å². The van der Waals surface area contributed by atoms with E-state index in [2.05, 4.69) is 15.0 Å². The highest BCUT2D eigenvalue weighted by Crippen LogP contribution is 2.35. The van der Waals surface area contributed by atoms with E-state index in [-0.39, 0.29) is 11.8 Å². The molecule has 1 aromatic carbocycles. The van der Waals surface area contributed by atoms with Crippen LogP contribution in [-0.4, -0.2) is 28.9 Å². The molecule has 0 amide bonds. The summed E-state index contributed by atoms with van der Waals surface area (Å²) in [5, 5.41) is 0. The molecule has 0 atom stereocenters. The molecule has 0 unspecified atom stereocenters. The molecule has 0 bridgehead atoms. The molecule has 6 heteroatoms. The molecule has 2 aliphatic heterocycles. The Bertz CT molecular complexity index is 812. The smallest absolute Gasteiger partial charge is 0.222 e. The number of aliphatic imine (C=N–C) groups is 1. The normalized spacial score (nSPS) is 16.0. The maximum absolute atomic E-state index is 14.1. The third kappa shape index (κ3) is 1.95. The van der Waals surface area contributed by atoms with Crippen molar-refractivity contribution in [3.05, 3.63) is 41.7 Å². The Labute approximate surface area is 127 Å². The van der Waals surface area contributed by atoms with Gasteiger partial charge < -0.3 is 10.6 Å². The minimum atomic E-state index is -0.325. The number of fused-ring (bicyclic) bond motifs is 3. The third-order valence-electron chi connectivity index (χ3n) is 3.82. The van der Waals surface area contributed by atoms with Crippen LogP contribution in [-0.2, 0) is 0 Å². The van der Waals surface area contributed by atoms with Crippen molar-refractivity contribution >= 4 is 23.7 Å². The van der Waals surface area contributed by atoms with Gasteiger partial charge in [-0.15, -0.1) is 0 Å². The number of nitrogens with two attached hydrogens (primary N) is 1. The van der Waals surface area contributed by atoms with Gasteiger partial charge in [-0.25, -0.2) is 9.37 Å². The predicted molar refractivity (Wildman–Crippen MR) is 85.1 cm³/mol. The maximum atomic E-state index is 14.1. The summed E-state index contributed by atoms with van der Waals surface area (Å²) in [6.45, 7) is 1.63. The topological polar surface area (TPSA) is 67.4 Å². The van der Waals surface area contributed by atoms with Crippen LogP contribution in [0.15, 0.2) is 35.3 Å². The van der Waals surface area contributed by atoms with Crippen LogP contribution in [0.2, 0.25) is 0 Å². The van der Waals surface area contributed by atoms with Gasteiger partial charge in [-0.1, -0.05) is 12.1 Å². The summed E-state index contributed by atoms with van der Waals surface area (Å²) in [4.78, 5) is 15.1. The minimum Gasteiger partial charge on any atom is -0.368 e. The Morgan fingerprint density at radius 3 is 2.86 bits per heavy atom. The van der Waals surface area contributed by atoms with Crippen LogP contribution in [0, 0.1) is 5.82 Å². The fraction of sp³-hybridized carbons (Fsp3) is 0.188. The Kier molecular flexibility index (Phi) is 2.89. The molecule has 22 heavy (non-hydrogen) atoms. The van der Waals surface area contributed by atoms with E-state index >= 15 is 0 Å². The molecule has 0 fully saturated rings. The summed E-state index contributed by atoms with van der Waals surface area (Å²) < 4.78 is 14.1. The highest BCUT2D eigenvalue weighted by atomic mass is 19.1. The summed E-state index contributed by atoms with van der Waals surface area (Å²) in [6.07, 6.45) is 4.76. The molecule has 1 aromatic heterocycles. The number of hydrogen-bond donors (Lipinski definition) is 1. The van der Waals surface area contributed by atoms with Crippen LogP contribution in [0.25, 0.3) is 17.3 Å². The quantitative estimate of drug-likeness (QED) is 0.877. The van der Waals surface area contributed by atoms with Gasteiger partial charge in [0.2, 0.25) is 5.95 Å². The lowest BCUT2D eigenvalue weighted by Crippen LogP contribution is -2.37. The molecule has 4 rings (SSSR count). The molecule has 2 N–H and O–H groups in total. The first-order valence-corrected chi connectivity index (χ1v) is 7.16. The first kappa shape index (κ1) is 12.9. The van der Waals surface area contributed by atoms with Crippen LogP contribution in [0.5, 0.6) is 0 Å². The van der Waals surface area contributed by atoms with Gasteiger partial charge in [-0.3, -0.25) is 4.99 Å². The number of anilines is 2. The third-order valence-corrected chi connectivity index (χ3v) is 3.82. The number of nitrogen functional groups attached to an aromatic ring is 1. The lowest BCUT2D eigenvalue weighted by atomic mass is 10.0. The van der Waals surface area contributed by atoms with Gasteiger partial charge in [0.1, 0.15) is 17.5 Å². The molecule has 0 saturated heterocycles. The fourth-order valence-electron chi connectivity index (χ4n) is 2.83. The van der Waals surface area contributed by atoms with Gasteiger partial charge >= 0.3 is 0 Å². The number of rotatable bonds is 1. The molecule has 110 valence electrons. The van der Waals surface area contributed by atoms with E-state index in [4.69, 9.17) is 5.73 Å². The van der Waals surface area contributed by atoms with E-state index in [1.54, 1.807) is 18.2 Å². The van der Waals surface area contributed by atoms with Crippen LogP contribution >= 0.6 is 0 Å². The Hall–Kier alpha value is -2.76. The van der Waals surface area contributed by atoms with Gasteiger partial charge in [0.25, 0.3) is 0 Å². The number of aromatic nitrogens is 2. The molecular weight excluding hydrogens is 281 g/mol. The molecule has 3 heterocycles. The molecule has 5 nitrogen and oxygen atoms in total. The van der Waals surface area contributed by atoms with Crippen molar-refractivity contribution < 1.29 is 4.39 Å². The van der Waals surface area contributed by atoms with Crippen molar-refractivity contribution in [3.8, 4) is 11.3 Å². The first-order chi connectivity index (χ1) is 10.7. The maximum Gasteiger partial charge on any atom is 0.222 e. The molecule has 0 aliphatic carbocycles. The minimum absolute atomic E-state index is 0.136. The standard InChI is InChI=1S/C16H14FN5/c17-12-5-2-1-4-10(12)14-11-6-7-13-19-8-3-9-22(13)15(11)21-16(18)20-14/h1-2,4-7H,3,8-9H2,(H2,18,20,21). The Morgan fingerprint density at radius 1 is 1.14 bits per heavy atom. The second kappa shape index (κ2) is 4.91. The zero-order valence-corrected chi connectivity index (χ0v) is 11.8. The summed E-state index contributed by atoms with van der Waals surface area (Å²) in [6, 6.07) is 6.55. The van der Waals surface area contributed by atoms with Gasteiger partial charge in [0.15, 0.2) is 0 Å². The average Bonchev–Trinajstić information content (AvgIpc) is 2.54. The number of benzene rings is 1. The van der Waals surface area contributed by atoms with Gasteiger partial charge in [-0.2, -0.15) is 4.98 Å². The monoisotopic (exact) mass is 295 g/mol. The van der Waals surface area contributed by atoms with Crippen LogP contribution in [0.4, 0.5) is 16.2 Å². The molecular formula is C16H14FN5. The van der Waals surface area contributed by atoms with E-state index in [0.717, 1.165) is 30.9 Å². The highest BCUT2D eigenvalue weighted by Gasteiger charge is 2.26. The first-order valence-electron chi connectivity index (χ1n) is 7.16. The van der Waals surface area contributed by atoms with Crippen LogP contribution in [0.3, 0.4) is 0 Å². The van der Waals surface area contributed by atoms with Gasteiger partial charge in [0, 0.05) is 24.2 Å². The zero-order chi connectivity index (χ0) is 15.1. The van der Waals surface area contributed by atoms with E-state index < -0.39 is 0 Å². The zero-order valence-electron chi connectivity index (χ0n) is 11.8. The molecule has 0 saturated carbocycles. The SMILES string of the molecule is Nc1nc(-c2ccccc2F)c2c(n1)N1CCCN=C1C=C2. The van der Waals surface area contributed by atoms with E-state index in [0.29, 0.717) is 17.1 Å². The van der Waals surface area contributed by atoms with Crippen molar-refractivity contribution in [3.63, 3.8) is 0 Å². The van der Waals surface area contributed by atoms with Gasteiger partial charge in [0.05, 0.1) is 5.69 Å². The fourth-order valence-corrected chi connectivity index (χ4v) is 2.83. The van der Waals surface area contributed by atoms with Crippen molar-refractivity contribution in [1.29, 1.82) is 0 Å². The number of amidine groups is 1. The average molecular weight is 295 g/mol. The van der Waals surface area contributed by atoms with Crippen LogP contribution in [0.1, 0.15) is 12.0 Å². The molecule has 2 aromatic rings. The predicted octanol–water partition coefficient (Wildman–Crippen LogP) is 2.50. The largest absolute Gasteiger partial charge is 0.368 e. The number of halogens is 1. The lowest BCUT2D eigenvalue weighted by Gasteiger charge is -2.31. The van der Waals surface area contributed by atoms with Crippen molar-refractivity contribution in [2.75, 3.05) is 23.7 Å². The Balaban J connectivity index is 1.96. The number of nitrogens with zero attached hydrogens (tertiary/aromatic N) is 4. The highest BCUT2D eigenvalue weighted by molar-refractivity contribution is 6.12. The van der Waals surface area contributed by atoms with Crippen molar-refractivity contribution in [1.82, 2.24) is 9.97 Å². The summed E-state index contributed by atoms with van der Waals surface area (Å²) in [5.41, 5.74) is 7.58. The summed E-state index contributed by atoms with van der Waals surface area (Å²) >= 11 is 0. The lowest BCUT2D eigenvalue weighted by molar-refractivity contribution is 0.630.